The molecule has 0 aromatic heterocycles. The molecule has 2 nitrogen and oxygen atoms in total. The van der Waals surface area contributed by atoms with Crippen LogP contribution < -0.4 is 5.14 Å². The van der Waals surface area contributed by atoms with E-state index in [0.29, 0.717) is 5.75 Å². The van der Waals surface area contributed by atoms with Gasteiger partial charge in [-0.2, -0.15) is 0 Å². The maximum absolute atomic E-state index is 10.5. The second kappa shape index (κ2) is 4.26. The van der Waals surface area contributed by atoms with Gasteiger partial charge in [0, 0.05) is 5.75 Å². The third-order valence-corrected chi connectivity index (χ3v) is 2.04. The lowest BCUT2D eigenvalue weighted by Crippen LogP contribution is -2.09. The molecule has 0 heterocycles. The fourth-order valence-electron chi connectivity index (χ4n) is 0.863. The monoisotopic (exact) mass is 169 g/mol. The Labute approximate surface area is 69.0 Å². The molecule has 0 unspecified atom stereocenters. The minimum Gasteiger partial charge on any atom is -0.252 e. The minimum atomic E-state index is -1.17. The highest BCUT2D eigenvalue weighted by Gasteiger charge is 1.93. The third-order valence-electron chi connectivity index (χ3n) is 1.43. The summed E-state index contributed by atoms with van der Waals surface area (Å²) in [5, 5.41) is 5.11. The van der Waals surface area contributed by atoms with Gasteiger partial charge in [0.1, 0.15) is 0 Å². The van der Waals surface area contributed by atoms with Crippen LogP contribution in [-0.2, 0) is 17.4 Å². The van der Waals surface area contributed by atoms with Crippen molar-refractivity contribution < 1.29 is 4.21 Å². The van der Waals surface area contributed by atoms with Crippen LogP contribution in [0.2, 0.25) is 0 Å². The maximum atomic E-state index is 10.5. The molecule has 0 amide bonds. The van der Waals surface area contributed by atoms with Crippen molar-refractivity contribution in [2.75, 3.05) is 5.75 Å². The van der Waals surface area contributed by atoms with Crippen LogP contribution in [0.15, 0.2) is 30.3 Å². The van der Waals surface area contributed by atoms with Crippen LogP contribution in [0.4, 0.5) is 0 Å². The zero-order valence-electron chi connectivity index (χ0n) is 6.19. The zero-order valence-corrected chi connectivity index (χ0v) is 7.01. The Morgan fingerprint density at radius 1 is 1.27 bits per heavy atom. The van der Waals surface area contributed by atoms with Gasteiger partial charge in [0.2, 0.25) is 0 Å². The Kier molecular flexibility index (Phi) is 3.26. The van der Waals surface area contributed by atoms with Crippen molar-refractivity contribution in [3.8, 4) is 0 Å². The maximum Gasteiger partial charge on any atom is 0.0891 e. The van der Waals surface area contributed by atoms with E-state index in [-0.39, 0.29) is 0 Å². The van der Waals surface area contributed by atoms with Gasteiger partial charge in [-0.15, -0.1) is 0 Å². The minimum absolute atomic E-state index is 0.546. The molecule has 0 aliphatic carbocycles. The summed E-state index contributed by atoms with van der Waals surface area (Å²) in [6.45, 7) is 0. The molecule has 11 heavy (non-hydrogen) atoms. The van der Waals surface area contributed by atoms with Crippen LogP contribution in [0.5, 0.6) is 0 Å². The van der Waals surface area contributed by atoms with Crippen molar-refractivity contribution in [1.82, 2.24) is 0 Å². The molecule has 1 rings (SSSR count). The molecule has 0 aliphatic rings. The van der Waals surface area contributed by atoms with Crippen molar-refractivity contribution >= 4 is 11.0 Å². The van der Waals surface area contributed by atoms with E-state index in [0.717, 1.165) is 6.42 Å². The molecular weight excluding hydrogens is 158 g/mol. The molecule has 0 spiro atoms. The molecule has 0 saturated heterocycles. The van der Waals surface area contributed by atoms with Gasteiger partial charge in [0.05, 0.1) is 11.0 Å². The number of hydrogen-bond donors (Lipinski definition) is 1. The van der Waals surface area contributed by atoms with Crippen molar-refractivity contribution in [1.29, 1.82) is 0 Å². The topological polar surface area (TPSA) is 43.1 Å². The number of aryl methyl sites for hydroxylation is 1. The lowest BCUT2D eigenvalue weighted by molar-refractivity contribution is 0.683. The summed E-state index contributed by atoms with van der Waals surface area (Å²) in [5.41, 5.74) is 1.19. The molecule has 3 heteroatoms. The van der Waals surface area contributed by atoms with Gasteiger partial charge in [-0.1, -0.05) is 30.3 Å². The van der Waals surface area contributed by atoms with Crippen LogP contribution in [0.1, 0.15) is 5.56 Å². The molecule has 0 bridgehead atoms. The molecule has 1 atom stereocenters. The van der Waals surface area contributed by atoms with Gasteiger partial charge < -0.3 is 0 Å². The summed E-state index contributed by atoms with van der Waals surface area (Å²) in [6, 6.07) is 9.91. The van der Waals surface area contributed by atoms with E-state index >= 15 is 0 Å². The second-order valence-electron chi connectivity index (χ2n) is 2.32. The molecule has 2 N–H and O–H groups in total. The third kappa shape index (κ3) is 3.30. The quantitative estimate of drug-likeness (QED) is 0.716. The van der Waals surface area contributed by atoms with Crippen LogP contribution in [0.25, 0.3) is 0 Å². The highest BCUT2D eigenvalue weighted by atomic mass is 32.2. The van der Waals surface area contributed by atoms with Crippen molar-refractivity contribution in [3.63, 3.8) is 0 Å². The number of rotatable bonds is 3. The first-order valence-electron chi connectivity index (χ1n) is 3.46. The SMILES string of the molecule is N[S@](=O)CCc1ccccc1. The Hall–Kier alpha value is -0.670. The van der Waals surface area contributed by atoms with Crippen LogP contribution in [-0.4, -0.2) is 9.96 Å². The highest BCUT2D eigenvalue weighted by Crippen LogP contribution is 1.98. The molecule has 0 fully saturated rings. The van der Waals surface area contributed by atoms with E-state index in [2.05, 4.69) is 0 Å². The first-order valence-corrected chi connectivity index (χ1v) is 4.84. The van der Waals surface area contributed by atoms with Gasteiger partial charge in [-0.3, -0.25) is 5.14 Å². The summed E-state index contributed by atoms with van der Waals surface area (Å²) in [7, 11) is -1.17. The van der Waals surface area contributed by atoms with Crippen molar-refractivity contribution in [3.05, 3.63) is 35.9 Å². The van der Waals surface area contributed by atoms with Gasteiger partial charge in [-0.05, 0) is 12.0 Å². The molecule has 60 valence electrons. The fourth-order valence-corrected chi connectivity index (χ4v) is 1.30. The lowest BCUT2D eigenvalue weighted by Gasteiger charge is -1.96. The summed E-state index contributed by atoms with van der Waals surface area (Å²) < 4.78 is 10.5. The van der Waals surface area contributed by atoms with Gasteiger partial charge in [0.25, 0.3) is 0 Å². The number of benzene rings is 1. The predicted molar refractivity (Wildman–Crippen MR) is 47.3 cm³/mol. The highest BCUT2D eigenvalue weighted by molar-refractivity contribution is 7.82. The van der Waals surface area contributed by atoms with Crippen LogP contribution in [0.3, 0.4) is 0 Å². The first-order chi connectivity index (χ1) is 5.29. The van der Waals surface area contributed by atoms with E-state index in [1.54, 1.807) is 0 Å². The summed E-state index contributed by atoms with van der Waals surface area (Å²) >= 11 is 0. The Balaban J connectivity index is 2.45. The average Bonchev–Trinajstić information content (AvgIpc) is 2.03. The summed E-state index contributed by atoms with van der Waals surface area (Å²) in [6.07, 6.45) is 0.796. The van der Waals surface area contributed by atoms with Gasteiger partial charge in [0.15, 0.2) is 0 Å². The average molecular weight is 169 g/mol. The largest absolute Gasteiger partial charge is 0.252 e. The summed E-state index contributed by atoms with van der Waals surface area (Å²) in [5.74, 6) is 0.546. The lowest BCUT2D eigenvalue weighted by atomic mass is 10.2. The Bertz CT molecular complexity index is 235. The standard InChI is InChI=1S/C8H11NOS/c9-11(10)7-6-8-4-2-1-3-5-8/h1-5H,6-7,9H2/t11-/m1/s1. The van der Waals surface area contributed by atoms with E-state index in [4.69, 9.17) is 5.14 Å². The van der Waals surface area contributed by atoms with E-state index < -0.39 is 11.0 Å². The zero-order chi connectivity index (χ0) is 8.10. The Morgan fingerprint density at radius 2 is 1.91 bits per heavy atom. The molecule has 0 aliphatic heterocycles. The fraction of sp³-hybridized carbons (Fsp3) is 0.250. The van der Waals surface area contributed by atoms with E-state index in [1.165, 1.54) is 5.56 Å². The van der Waals surface area contributed by atoms with E-state index in [1.807, 2.05) is 30.3 Å². The first kappa shape index (κ1) is 8.43. The number of hydrogen-bond acceptors (Lipinski definition) is 1. The summed E-state index contributed by atoms with van der Waals surface area (Å²) in [4.78, 5) is 0. The molecule has 1 aromatic carbocycles. The molecular formula is C8H11NOS. The second-order valence-corrected chi connectivity index (χ2v) is 3.49. The number of nitrogens with two attached hydrogens (primary N) is 1. The molecule has 0 saturated carbocycles. The van der Waals surface area contributed by atoms with Crippen molar-refractivity contribution in [2.45, 2.75) is 6.42 Å². The molecule has 0 radical (unpaired) electrons. The van der Waals surface area contributed by atoms with Gasteiger partial charge in [-0.25, -0.2) is 4.21 Å². The Morgan fingerprint density at radius 3 is 2.45 bits per heavy atom. The molecule has 1 aromatic rings. The van der Waals surface area contributed by atoms with Gasteiger partial charge >= 0.3 is 0 Å². The predicted octanol–water partition coefficient (Wildman–Crippen LogP) is 0.852. The van der Waals surface area contributed by atoms with Crippen molar-refractivity contribution in [2.24, 2.45) is 5.14 Å². The van der Waals surface area contributed by atoms with Crippen LogP contribution >= 0.6 is 0 Å². The van der Waals surface area contributed by atoms with Crippen LogP contribution in [0, 0.1) is 0 Å². The van der Waals surface area contributed by atoms with E-state index in [9.17, 15) is 4.21 Å². The normalized spacial score (nSPS) is 12.8. The smallest absolute Gasteiger partial charge is 0.0891 e.